The fraction of sp³-hybridized carbons (Fsp3) is 0.278. The van der Waals surface area contributed by atoms with Gasteiger partial charge in [0, 0.05) is 16.8 Å². The molecule has 2 heterocycles. The number of hydrogen-bond acceptors (Lipinski definition) is 4. The third-order valence-corrected chi connectivity index (χ3v) is 4.62. The van der Waals surface area contributed by atoms with Crippen LogP contribution < -0.4 is 0 Å². The largest absolute Gasteiger partial charge is 0.481 e. The molecule has 1 aromatic heterocycles. The molecule has 0 spiro atoms. The number of carboxylic acids is 1. The van der Waals surface area contributed by atoms with E-state index in [4.69, 9.17) is 9.52 Å². The summed E-state index contributed by atoms with van der Waals surface area (Å²) in [4.78, 5) is 23.7. The minimum Gasteiger partial charge on any atom is -0.481 e. The van der Waals surface area contributed by atoms with E-state index in [9.17, 15) is 9.59 Å². The molecule has 1 aliphatic heterocycles. The van der Waals surface area contributed by atoms with Crippen LogP contribution in [0.2, 0.25) is 0 Å². The molecular formula is C18H17BrN2O4. The summed E-state index contributed by atoms with van der Waals surface area (Å²) in [6.07, 6.45) is 1.83. The number of benzene rings is 1. The molecule has 130 valence electrons. The molecule has 0 radical (unpaired) electrons. The van der Waals surface area contributed by atoms with Crippen molar-refractivity contribution in [2.45, 2.75) is 25.8 Å². The minimum absolute atomic E-state index is 0.233. The average molecular weight is 405 g/mol. The third kappa shape index (κ3) is 3.82. The number of nitrogens with zero attached hydrogens (tertiary/aromatic N) is 2. The maximum absolute atomic E-state index is 12.7. The van der Waals surface area contributed by atoms with Gasteiger partial charge in [0.25, 0.3) is 0 Å². The summed E-state index contributed by atoms with van der Waals surface area (Å²) in [6.45, 7) is 1.60. The topological polar surface area (TPSA) is 83.1 Å². The molecule has 1 aliphatic rings. The average Bonchev–Trinajstić information content (AvgIpc) is 3.23. The van der Waals surface area contributed by atoms with Gasteiger partial charge in [-0.3, -0.25) is 9.59 Å². The summed E-state index contributed by atoms with van der Waals surface area (Å²) in [5, 5.41) is 14.8. The van der Waals surface area contributed by atoms with Crippen molar-refractivity contribution >= 4 is 33.5 Å². The molecule has 3 rings (SSSR count). The van der Waals surface area contributed by atoms with Gasteiger partial charge in [-0.1, -0.05) is 35.0 Å². The summed E-state index contributed by atoms with van der Waals surface area (Å²) < 4.78 is 6.43. The number of carboxylic acid groups (broad SMARTS) is 1. The molecule has 0 bridgehead atoms. The Morgan fingerprint density at radius 2 is 2.08 bits per heavy atom. The van der Waals surface area contributed by atoms with Gasteiger partial charge in [-0.2, -0.15) is 5.10 Å². The van der Waals surface area contributed by atoms with Crippen LogP contribution in [0.5, 0.6) is 0 Å². The van der Waals surface area contributed by atoms with Crippen LogP contribution in [0.25, 0.3) is 0 Å². The highest BCUT2D eigenvalue weighted by molar-refractivity contribution is 9.10. The Bertz CT molecular complexity index is 799. The van der Waals surface area contributed by atoms with E-state index in [1.807, 2.05) is 24.3 Å². The number of hydrogen-bond donors (Lipinski definition) is 1. The number of carbonyl (C=O) groups excluding carboxylic acids is 1. The van der Waals surface area contributed by atoms with Crippen LogP contribution in [0.15, 0.2) is 56.7 Å². The van der Waals surface area contributed by atoms with Crippen LogP contribution in [0.1, 0.15) is 37.1 Å². The van der Waals surface area contributed by atoms with Crippen molar-refractivity contribution in [1.29, 1.82) is 0 Å². The van der Waals surface area contributed by atoms with Gasteiger partial charge in [0.05, 0.1) is 18.4 Å². The van der Waals surface area contributed by atoms with E-state index in [1.165, 1.54) is 5.01 Å². The van der Waals surface area contributed by atoms with Crippen molar-refractivity contribution in [1.82, 2.24) is 5.01 Å². The highest BCUT2D eigenvalue weighted by atomic mass is 79.9. The zero-order chi connectivity index (χ0) is 18.0. The van der Waals surface area contributed by atoms with Crippen LogP contribution in [0, 0.1) is 5.92 Å². The Hall–Kier alpha value is -2.41. The van der Waals surface area contributed by atoms with Crippen molar-refractivity contribution in [3.05, 3.63) is 58.5 Å². The molecule has 7 heteroatoms. The maximum Gasteiger partial charge on any atom is 0.304 e. The molecule has 25 heavy (non-hydrogen) atoms. The Morgan fingerprint density at radius 1 is 1.36 bits per heavy atom. The fourth-order valence-electron chi connectivity index (χ4n) is 2.81. The van der Waals surface area contributed by atoms with E-state index in [1.54, 1.807) is 25.3 Å². The standard InChI is InChI=1S/C18H17BrN2O4/c1-11(9-17(22)23)18(24)21-15(16-3-2-8-25-16)10-14(20-21)12-4-6-13(19)7-5-12/h2-8,11,15H,9-10H2,1H3,(H,22,23). The quantitative estimate of drug-likeness (QED) is 0.820. The number of rotatable bonds is 5. The summed E-state index contributed by atoms with van der Waals surface area (Å²) in [5.41, 5.74) is 1.69. The lowest BCUT2D eigenvalue weighted by Crippen LogP contribution is -2.32. The van der Waals surface area contributed by atoms with E-state index in [-0.39, 0.29) is 18.4 Å². The molecule has 1 amide bonds. The number of amides is 1. The predicted molar refractivity (Wildman–Crippen MR) is 95.0 cm³/mol. The SMILES string of the molecule is CC(CC(=O)O)C(=O)N1N=C(c2ccc(Br)cc2)CC1c1ccco1. The van der Waals surface area contributed by atoms with Gasteiger partial charge in [0.2, 0.25) is 5.91 Å². The lowest BCUT2D eigenvalue weighted by molar-refractivity contribution is -0.145. The van der Waals surface area contributed by atoms with E-state index >= 15 is 0 Å². The van der Waals surface area contributed by atoms with Gasteiger partial charge in [0.15, 0.2) is 0 Å². The van der Waals surface area contributed by atoms with Gasteiger partial charge in [-0.25, -0.2) is 5.01 Å². The van der Waals surface area contributed by atoms with Crippen LogP contribution in [0.3, 0.4) is 0 Å². The van der Waals surface area contributed by atoms with Crippen molar-refractivity contribution in [3.63, 3.8) is 0 Å². The summed E-state index contributed by atoms with van der Waals surface area (Å²) in [6, 6.07) is 10.9. The number of furan rings is 1. The number of aliphatic carboxylic acids is 1. The van der Waals surface area contributed by atoms with E-state index in [0.29, 0.717) is 12.2 Å². The van der Waals surface area contributed by atoms with E-state index in [0.717, 1.165) is 15.7 Å². The third-order valence-electron chi connectivity index (χ3n) is 4.09. The van der Waals surface area contributed by atoms with Crippen molar-refractivity contribution in [3.8, 4) is 0 Å². The first kappa shape index (κ1) is 17.4. The highest BCUT2D eigenvalue weighted by Gasteiger charge is 2.37. The van der Waals surface area contributed by atoms with Gasteiger partial charge in [-0.15, -0.1) is 0 Å². The van der Waals surface area contributed by atoms with Gasteiger partial charge < -0.3 is 9.52 Å². The first-order chi connectivity index (χ1) is 12.0. The minimum atomic E-state index is -1.01. The highest BCUT2D eigenvalue weighted by Crippen LogP contribution is 2.34. The van der Waals surface area contributed by atoms with Gasteiger partial charge >= 0.3 is 5.97 Å². The Balaban J connectivity index is 1.91. The van der Waals surface area contributed by atoms with Crippen LogP contribution in [0.4, 0.5) is 0 Å². The van der Waals surface area contributed by atoms with E-state index < -0.39 is 11.9 Å². The number of carbonyl (C=O) groups is 2. The predicted octanol–water partition coefficient (Wildman–Crippen LogP) is 3.83. The van der Waals surface area contributed by atoms with Gasteiger partial charge in [-0.05, 0) is 29.8 Å². The summed E-state index contributed by atoms with van der Waals surface area (Å²) in [5.74, 6) is -1.36. The molecule has 0 fully saturated rings. The second-order valence-electron chi connectivity index (χ2n) is 5.97. The van der Waals surface area contributed by atoms with E-state index in [2.05, 4.69) is 21.0 Å². The zero-order valence-corrected chi connectivity index (χ0v) is 15.1. The molecule has 6 nitrogen and oxygen atoms in total. The molecule has 1 aromatic carbocycles. The molecule has 0 saturated heterocycles. The summed E-state index contributed by atoms with van der Waals surface area (Å²) in [7, 11) is 0. The van der Waals surface area contributed by atoms with Crippen molar-refractivity contribution in [2.24, 2.45) is 11.0 Å². The zero-order valence-electron chi connectivity index (χ0n) is 13.6. The van der Waals surface area contributed by atoms with Crippen molar-refractivity contribution in [2.75, 3.05) is 0 Å². The molecule has 0 saturated carbocycles. The Labute approximate surface area is 153 Å². The Kier molecular flexibility index (Phi) is 5.03. The second kappa shape index (κ2) is 7.23. The molecule has 2 atom stereocenters. The first-order valence-electron chi connectivity index (χ1n) is 7.87. The molecule has 2 unspecified atom stereocenters. The monoisotopic (exact) mass is 404 g/mol. The maximum atomic E-state index is 12.7. The van der Waals surface area contributed by atoms with Gasteiger partial charge in [0.1, 0.15) is 11.8 Å². The number of halogens is 1. The lowest BCUT2D eigenvalue weighted by atomic mass is 10.0. The Morgan fingerprint density at radius 3 is 2.68 bits per heavy atom. The first-order valence-corrected chi connectivity index (χ1v) is 8.66. The van der Waals surface area contributed by atoms with Crippen LogP contribution in [-0.4, -0.2) is 27.7 Å². The van der Waals surface area contributed by atoms with Crippen LogP contribution in [-0.2, 0) is 9.59 Å². The lowest BCUT2D eigenvalue weighted by Gasteiger charge is -2.22. The fourth-order valence-corrected chi connectivity index (χ4v) is 3.07. The summed E-state index contributed by atoms with van der Waals surface area (Å²) >= 11 is 3.40. The van der Waals surface area contributed by atoms with Crippen molar-refractivity contribution < 1.29 is 19.1 Å². The molecule has 0 aliphatic carbocycles. The van der Waals surface area contributed by atoms with Crippen LogP contribution >= 0.6 is 15.9 Å². The molecular weight excluding hydrogens is 388 g/mol. The molecule has 1 N–H and O–H groups in total. The molecule has 2 aromatic rings. The second-order valence-corrected chi connectivity index (χ2v) is 6.89. The normalized spacial score (nSPS) is 18.1. The number of hydrazone groups is 1. The smallest absolute Gasteiger partial charge is 0.304 e.